The molecule has 112 valence electrons. The van der Waals surface area contributed by atoms with Gasteiger partial charge in [0.05, 0.1) is 6.07 Å². The molecule has 0 saturated heterocycles. The minimum Gasteiger partial charge on any atom is -0.379 e. The number of benzene rings is 3. The van der Waals surface area contributed by atoms with Gasteiger partial charge in [0.25, 0.3) is 0 Å². The van der Waals surface area contributed by atoms with Crippen molar-refractivity contribution in [2.24, 2.45) is 0 Å². The summed E-state index contributed by atoms with van der Waals surface area (Å²) >= 11 is 0. The molecule has 0 aromatic heterocycles. The second-order valence-corrected chi connectivity index (χ2v) is 5.47. The molecule has 0 aliphatic carbocycles. The standard InChI is InChI=1S/C21H17NO/c22-16-20(17-10-4-1-5-11-17)21(23,18-12-6-2-7-13-18)19-14-8-3-9-15-19/h1-15,20,23H. The molecule has 0 radical (unpaired) electrons. The van der Waals surface area contributed by atoms with E-state index in [0.717, 1.165) is 5.56 Å². The summed E-state index contributed by atoms with van der Waals surface area (Å²) in [7, 11) is 0. The van der Waals surface area contributed by atoms with E-state index in [1.165, 1.54) is 0 Å². The van der Waals surface area contributed by atoms with E-state index in [1.54, 1.807) is 0 Å². The SMILES string of the molecule is N#CC(c1ccccc1)C(O)(c1ccccc1)c1ccccc1. The predicted molar refractivity (Wildman–Crippen MR) is 90.7 cm³/mol. The molecule has 1 atom stereocenters. The maximum atomic E-state index is 11.6. The van der Waals surface area contributed by atoms with Crippen molar-refractivity contribution < 1.29 is 5.11 Å². The molecular formula is C21H17NO. The first-order valence-electron chi connectivity index (χ1n) is 7.55. The van der Waals surface area contributed by atoms with Gasteiger partial charge >= 0.3 is 0 Å². The van der Waals surface area contributed by atoms with E-state index in [-0.39, 0.29) is 0 Å². The van der Waals surface area contributed by atoms with Crippen molar-refractivity contribution in [3.63, 3.8) is 0 Å². The van der Waals surface area contributed by atoms with E-state index in [1.807, 2.05) is 91.0 Å². The normalized spacial score (nSPS) is 12.3. The predicted octanol–water partition coefficient (Wildman–Crippen LogP) is 4.23. The Kier molecular flexibility index (Phi) is 4.23. The summed E-state index contributed by atoms with van der Waals surface area (Å²) in [5.74, 6) is -0.700. The van der Waals surface area contributed by atoms with Crippen LogP contribution in [0.1, 0.15) is 22.6 Å². The third-order valence-corrected chi connectivity index (χ3v) is 4.11. The molecule has 1 unspecified atom stereocenters. The maximum Gasteiger partial charge on any atom is 0.134 e. The van der Waals surface area contributed by atoms with Crippen molar-refractivity contribution >= 4 is 0 Å². The highest BCUT2D eigenvalue weighted by atomic mass is 16.3. The van der Waals surface area contributed by atoms with Crippen LogP contribution >= 0.6 is 0 Å². The number of hydrogen-bond donors (Lipinski definition) is 1. The topological polar surface area (TPSA) is 44.0 Å². The molecule has 0 amide bonds. The zero-order valence-corrected chi connectivity index (χ0v) is 12.6. The van der Waals surface area contributed by atoms with Crippen LogP contribution in [0.3, 0.4) is 0 Å². The molecule has 0 spiro atoms. The summed E-state index contributed by atoms with van der Waals surface area (Å²) in [6, 6.07) is 30.5. The lowest BCUT2D eigenvalue weighted by Crippen LogP contribution is -2.34. The average molecular weight is 299 g/mol. The van der Waals surface area contributed by atoms with Crippen molar-refractivity contribution in [3.8, 4) is 6.07 Å². The van der Waals surface area contributed by atoms with Crippen LogP contribution in [0, 0.1) is 11.3 Å². The Bertz CT molecular complexity index is 752. The van der Waals surface area contributed by atoms with E-state index in [4.69, 9.17) is 0 Å². The van der Waals surface area contributed by atoms with E-state index in [9.17, 15) is 10.4 Å². The Labute approximate surface area is 136 Å². The van der Waals surface area contributed by atoms with Gasteiger partial charge in [-0.3, -0.25) is 0 Å². The lowest BCUT2D eigenvalue weighted by atomic mass is 9.74. The number of rotatable bonds is 4. The molecule has 3 rings (SSSR count). The number of hydrogen-bond acceptors (Lipinski definition) is 2. The average Bonchev–Trinajstić information content (AvgIpc) is 2.64. The van der Waals surface area contributed by atoms with Crippen LogP contribution in [-0.4, -0.2) is 5.11 Å². The highest BCUT2D eigenvalue weighted by Crippen LogP contribution is 2.42. The van der Waals surface area contributed by atoms with Crippen molar-refractivity contribution in [1.82, 2.24) is 0 Å². The smallest absolute Gasteiger partial charge is 0.134 e. The summed E-state index contributed by atoms with van der Waals surface area (Å²) in [6.07, 6.45) is 0. The number of nitriles is 1. The van der Waals surface area contributed by atoms with Crippen LogP contribution in [-0.2, 0) is 5.60 Å². The Balaban J connectivity index is 2.22. The largest absolute Gasteiger partial charge is 0.379 e. The van der Waals surface area contributed by atoms with Gasteiger partial charge in [-0.15, -0.1) is 0 Å². The molecule has 0 aliphatic rings. The molecule has 2 heteroatoms. The van der Waals surface area contributed by atoms with E-state index >= 15 is 0 Å². The van der Waals surface area contributed by atoms with Crippen LogP contribution in [0.25, 0.3) is 0 Å². The first-order chi connectivity index (χ1) is 11.3. The van der Waals surface area contributed by atoms with Crippen LogP contribution < -0.4 is 0 Å². The third-order valence-electron chi connectivity index (χ3n) is 4.11. The molecular weight excluding hydrogens is 282 g/mol. The summed E-state index contributed by atoms with van der Waals surface area (Å²) < 4.78 is 0. The zero-order valence-electron chi connectivity index (χ0n) is 12.6. The highest BCUT2D eigenvalue weighted by molar-refractivity contribution is 5.44. The van der Waals surface area contributed by atoms with Crippen LogP contribution in [0.15, 0.2) is 91.0 Å². The quantitative estimate of drug-likeness (QED) is 0.783. The highest BCUT2D eigenvalue weighted by Gasteiger charge is 2.41. The minimum atomic E-state index is -1.40. The molecule has 23 heavy (non-hydrogen) atoms. The summed E-state index contributed by atoms with van der Waals surface area (Å²) in [5.41, 5.74) is 0.812. The van der Waals surface area contributed by atoms with E-state index in [2.05, 4.69) is 6.07 Å². The van der Waals surface area contributed by atoms with Crippen molar-refractivity contribution in [3.05, 3.63) is 108 Å². The van der Waals surface area contributed by atoms with Crippen molar-refractivity contribution in [1.29, 1.82) is 5.26 Å². The summed E-state index contributed by atoms with van der Waals surface area (Å²) in [6.45, 7) is 0. The van der Waals surface area contributed by atoms with Crippen LogP contribution in [0.4, 0.5) is 0 Å². The fourth-order valence-corrected chi connectivity index (χ4v) is 2.94. The molecule has 1 N–H and O–H groups in total. The zero-order chi connectivity index (χ0) is 16.1. The monoisotopic (exact) mass is 299 g/mol. The summed E-state index contributed by atoms with van der Waals surface area (Å²) in [4.78, 5) is 0. The van der Waals surface area contributed by atoms with Crippen molar-refractivity contribution in [2.75, 3.05) is 0 Å². The lowest BCUT2D eigenvalue weighted by Gasteiger charge is -2.34. The first kappa shape index (κ1) is 15.0. The Morgan fingerprint density at radius 3 is 1.48 bits per heavy atom. The van der Waals surface area contributed by atoms with Gasteiger partial charge in [0, 0.05) is 0 Å². The van der Waals surface area contributed by atoms with Gasteiger partial charge in [0.15, 0.2) is 0 Å². The van der Waals surface area contributed by atoms with Gasteiger partial charge in [0.2, 0.25) is 0 Å². The Morgan fingerprint density at radius 1 is 0.696 bits per heavy atom. The number of nitrogens with zero attached hydrogens (tertiary/aromatic N) is 1. The Morgan fingerprint density at radius 2 is 1.09 bits per heavy atom. The molecule has 0 heterocycles. The maximum absolute atomic E-state index is 11.6. The second kappa shape index (κ2) is 6.48. The van der Waals surface area contributed by atoms with E-state index in [0.29, 0.717) is 11.1 Å². The molecule has 0 saturated carbocycles. The van der Waals surface area contributed by atoms with Crippen molar-refractivity contribution in [2.45, 2.75) is 11.5 Å². The lowest BCUT2D eigenvalue weighted by molar-refractivity contribution is 0.0672. The van der Waals surface area contributed by atoms with Crippen LogP contribution in [0.5, 0.6) is 0 Å². The first-order valence-corrected chi connectivity index (χ1v) is 7.55. The summed E-state index contributed by atoms with van der Waals surface area (Å²) in [5, 5.41) is 21.5. The molecule has 3 aromatic rings. The van der Waals surface area contributed by atoms with Crippen LogP contribution in [0.2, 0.25) is 0 Å². The molecule has 2 nitrogen and oxygen atoms in total. The Hall–Kier alpha value is -2.89. The van der Waals surface area contributed by atoms with E-state index < -0.39 is 11.5 Å². The van der Waals surface area contributed by atoms with Gasteiger partial charge in [0.1, 0.15) is 11.5 Å². The minimum absolute atomic E-state index is 0.700. The molecule has 0 bridgehead atoms. The number of aliphatic hydroxyl groups is 1. The fourth-order valence-electron chi connectivity index (χ4n) is 2.94. The van der Waals surface area contributed by atoms with Gasteiger partial charge in [-0.2, -0.15) is 5.26 Å². The molecule has 0 fully saturated rings. The molecule has 3 aromatic carbocycles. The van der Waals surface area contributed by atoms with Gasteiger partial charge in [-0.05, 0) is 16.7 Å². The third kappa shape index (κ3) is 2.75. The van der Waals surface area contributed by atoms with Gasteiger partial charge < -0.3 is 5.11 Å². The fraction of sp³-hybridized carbons (Fsp3) is 0.0952. The van der Waals surface area contributed by atoms with Gasteiger partial charge in [-0.1, -0.05) is 91.0 Å². The van der Waals surface area contributed by atoms with Gasteiger partial charge in [-0.25, -0.2) is 0 Å². The second-order valence-electron chi connectivity index (χ2n) is 5.47. The molecule has 0 aliphatic heterocycles.